The summed E-state index contributed by atoms with van der Waals surface area (Å²) in [4.78, 5) is 39.4. The van der Waals surface area contributed by atoms with Crippen molar-refractivity contribution in [2.45, 2.75) is 58.9 Å². The third kappa shape index (κ3) is 7.75. The SMILES string of the molecule is COCCN1CCCCCCN(C(=O)c2cnc(C)cn2)[C@@H](CC(C)C)COc2ccccc2C1=O. The van der Waals surface area contributed by atoms with Gasteiger partial charge in [-0.2, -0.15) is 0 Å². The minimum atomic E-state index is -0.156. The average Bonchev–Trinajstić information content (AvgIpc) is 2.87. The summed E-state index contributed by atoms with van der Waals surface area (Å²) >= 11 is 0. The van der Waals surface area contributed by atoms with Crippen LogP contribution in [-0.2, 0) is 4.74 Å². The Morgan fingerprint density at radius 1 is 1.11 bits per heavy atom. The van der Waals surface area contributed by atoms with E-state index in [1.807, 2.05) is 41.0 Å². The van der Waals surface area contributed by atoms with Crippen molar-refractivity contribution in [1.29, 1.82) is 0 Å². The smallest absolute Gasteiger partial charge is 0.274 e. The summed E-state index contributed by atoms with van der Waals surface area (Å²) in [6, 6.07) is 7.21. The van der Waals surface area contributed by atoms with E-state index in [0.29, 0.717) is 55.8 Å². The van der Waals surface area contributed by atoms with Crippen molar-refractivity contribution in [2.24, 2.45) is 5.92 Å². The van der Waals surface area contributed by atoms with Crippen molar-refractivity contribution in [3.05, 3.63) is 53.6 Å². The lowest BCUT2D eigenvalue weighted by molar-refractivity contribution is 0.0556. The number of amides is 2. The van der Waals surface area contributed by atoms with Crippen LogP contribution < -0.4 is 4.74 Å². The molecule has 8 nitrogen and oxygen atoms in total. The molecule has 0 fully saturated rings. The predicted octanol–water partition coefficient (Wildman–Crippen LogP) is 4.38. The first kappa shape index (κ1) is 27.6. The molecule has 0 saturated carbocycles. The number of hydrogen-bond donors (Lipinski definition) is 0. The quantitative estimate of drug-likeness (QED) is 0.590. The Labute approximate surface area is 215 Å². The topological polar surface area (TPSA) is 84.9 Å². The third-order valence-corrected chi connectivity index (χ3v) is 6.42. The fraction of sp³-hybridized carbons (Fsp3) is 0.571. The zero-order valence-corrected chi connectivity index (χ0v) is 22.1. The Hall–Kier alpha value is -3.00. The molecule has 1 atom stereocenters. The average molecular weight is 497 g/mol. The van der Waals surface area contributed by atoms with Gasteiger partial charge in [-0.25, -0.2) is 4.98 Å². The van der Waals surface area contributed by atoms with Gasteiger partial charge in [-0.1, -0.05) is 38.8 Å². The highest BCUT2D eigenvalue weighted by molar-refractivity contribution is 5.97. The molecule has 1 aromatic carbocycles. The van der Waals surface area contributed by atoms with E-state index in [4.69, 9.17) is 9.47 Å². The highest BCUT2D eigenvalue weighted by atomic mass is 16.5. The molecule has 1 aliphatic heterocycles. The Balaban J connectivity index is 1.91. The Morgan fingerprint density at radius 2 is 1.86 bits per heavy atom. The van der Waals surface area contributed by atoms with E-state index < -0.39 is 0 Å². The zero-order valence-electron chi connectivity index (χ0n) is 22.1. The monoisotopic (exact) mass is 496 g/mol. The maximum Gasteiger partial charge on any atom is 0.274 e. The van der Waals surface area contributed by atoms with Crippen LogP contribution in [0.3, 0.4) is 0 Å². The molecule has 0 unspecified atom stereocenters. The number of carbonyl (C=O) groups is 2. The van der Waals surface area contributed by atoms with Crippen molar-refractivity contribution in [3.63, 3.8) is 0 Å². The number of para-hydroxylation sites is 1. The highest BCUT2D eigenvalue weighted by Gasteiger charge is 2.28. The largest absolute Gasteiger partial charge is 0.491 e. The zero-order chi connectivity index (χ0) is 25.9. The van der Waals surface area contributed by atoms with Crippen LogP contribution in [0.4, 0.5) is 0 Å². The number of aromatic nitrogens is 2. The minimum absolute atomic E-state index is 0.0528. The Bertz CT molecular complexity index is 980. The molecule has 0 N–H and O–H groups in total. The van der Waals surface area contributed by atoms with Gasteiger partial charge in [-0.05, 0) is 44.2 Å². The summed E-state index contributed by atoms with van der Waals surface area (Å²) in [5, 5.41) is 0. The molecule has 0 aliphatic carbocycles. The van der Waals surface area contributed by atoms with Gasteiger partial charge in [0.05, 0.1) is 30.1 Å². The van der Waals surface area contributed by atoms with E-state index in [9.17, 15) is 9.59 Å². The van der Waals surface area contributed by atoms with Gasteiger partial charge in [-0.3, -0.25) is 14.6 Å². The molecule has 2 aromatic rings. The number of methoxy groups -OCH3 is 1. The van der Waals surface area contributed by atoms with Crippen LogP contribution in [0.2, 0.25) is 0 Å². The predicted molar refractivity (Wildman–Crippen MR) is 139 cm³/mol. The molecule has 2 amide bonds. The lowest BCUT2D eigenvalue weighted by Crippen LogP contribution is -2.45. The fourth-order valence-electron chi connectivity index (χ4n) is 4.51. The normalized spacial score (nSPS) is 17.9. The number of nitrogens with zero attached hydrogens (tertiary/aromatic N) is 4. The summed E-state index contributed by atoms with van der Waals surface area (Å²) in [6.45, 7) is 8.76. The lowest BCUT2D eigenvalue weighted by Gasteiger charge is -2.33. The molecule has 0 spiro atoms. The van der Waals surface area contributed by atoms with E-state index >= 15 is 0 Å². The van der Waals surface area contributed by atoms with E-state index in [-0.39, 0.29) is 17.9 Å². The summed E-state index contributed by atoms with van der Waals surface area (Å²) in [6.07, 6.45) is 7.69. The van der Waals surface area contributed by atoms with E-state index in [0.717, 1.165) is 37.8 Å². The lowest BCUT2D eigenvalue weighted by atomic mass is 10.0. The maximum absolute atomic E-state index is 13.6. The Kier molecular flexibility index (Phi) is 10.7. The molecule has 2 heterocycles. The maximum atomic E-state index is 13.6. The van der Waals surface area contributed by atoms with E-state index in [1.165, 1.54) is 0 Å². The van der Waals surface area contributed by atoms with Gasteiger partial charge in [0.25, 0.3) is 11.8 Å². The van der Waals surface area contributed by atoms with Gasteiger partial charge in [0.15, 0.2) is 0 Å². The van der Waals surface area contributed by atoms with Gasteiger partial charge < -0.3 is 19.3 Å². The third-order valence-electron chi connectivity index (χ3n) is 6.42. The molecule has 3 rings (SSSR count). The van der Waals surface area contributed by atoms with E-state index in [2.05, 4.69) is 23.8 Å². The van der Waals surface area contributed by atoms with Gasteiger partial charge in [0.1, 0.15) is 18.1 Å². The number of benzene rings is 1. The second kappa shape index (κ2) is 13.9. The van der Waals surface area contributed by atoms with Gasteiger partial charge in [0.2, 0.25) is 0 Å². The number of aryl methyl sites for hydroxylation is 1. The Morgan fingerprint density at radius 3 is 2.56 bits per heavy atom. The van der Waals surface area contributed by atoms with Crippen LogP contribution in [0.15, 0.2) is 36.7 Å². The van der Waals surface area contributed by atoms with Gasteiger partial charge in [-0.15, -0.1) is 0 Å². The number of ether oxygens (including phenoxy) is 2. The first-order valence-corrected chi connectivity index (χ1v) is 13.0. The molecule has 196 valence electrons. The molecule has 0 radical (unpaired) electrons. The minimum Gasteiger partial charge on any atom is -0.491 e. The summed E-state index contributed by atoms with van der Waals surface area (Å²) in [7, 11) is 1.65. The van der Waals surface area contributed by atoms with Crippen LogP contribution in [0.5, 0.6) is 5.75 Å². The van der Waals surface area contributed by atoms with Crippen molar-refractivity contribution < 1.29 is 19.1 Å². The van der Waals surface area contributed by atoms with Crippen LogP contribution in [0.1, 0.15) is 72.5 Å². The van der Waals surface area contributed by atoms with Crippen molar-refractivity contribution in [3.8, 4) is 5.75 Å². The first-order valence-electron chi connectivity index (χ1n) is 13.0. The molecule has 0 bridgehead atoms. The van der Waals surface area contributed by atoms with Crippen LogP contribution in [-0.4, -0.2) is 77.6 Å². The van der Waals surface area contributed by atoms with Crippen LogP contribution >= 0.6 is 0 Å². The molecular weight excluding hydrogens is 456 g/mol. The number of hydrogen-bond acceptors (Lipinski definition) is 6. The highest BCUT2D eigenvalue weighted by Crippen LogP contribution is 2.24. The molecular formula is C28H40N4O4. The van der Waals surface area contributed by atoms with Crippen molar-refractivity contribution in [2.75, 3.05) is 40.0 Å². The fourth-order valence-corrected chi connectivity index (χ4v) is 4.51. The molecule has 8 heteroatoms. The molecule has 0 saturated heterocycles. The molecule has 1 aromatic heterocycles. The number of fused-ring (bicyclic) bond motifs is 1. The second-order valence-electron chi connectivity index (χ2n) is 9.83. The number of carbonyl (C=O) groups excluding carboxylic acids is 2. The van der Waals surface area contributed by atoms with Crippen LogP contribution in [0.25, 0.3) is 0 Å². The molecule has 1 aliphatic rings. The number of rotatable bonds is 6. The summed E-state index contributed by atoms with van der Waals surface area (Å²) in [5.74, 6) is 0.721. The van der Waals surface area contributed by atoms with Crippen molar-refractivity contribution in [1.82, 2.24) is 19.8 Å². The van der Waals surface area contributed by atoms with Crippen LogP contribution in [0, 0.1) is 12.8 Å². The van der Waals surface area contributed by atoms with Gasteiger partial charge >= 0.3 is 0 Å². The van der Waals surface area contributed by atoms with Gasteiger partial charge in [0, 0.05) is 32.9 Å². The van der Waals surface area contributed by atoms with E-state index in [1.54, 1.807) is 19.5 Å². The molecule has 36 heavy (non-hydrogen) atoms. The summed E-state index contributed by atoms with van der Waals surface area (Å²) < 4.78 is 11.5. The second-order valence-corrected chi connectivity index (χ2v) is 9.83. The summed E-state index contributed by atoms with van der Waals surface area (Å²) in [5.41, 5.74) is 1.66. The first-order chi connectivity index (χ1) is 17.4. The standard InChI is InChI=1S/C28H40N4O4/c1-21(2)17-23-20-36-26-12-8-7-11-24(26)27(33)31(15-16-35-4)13-9-5-6-10-14-32(23)28(34)25-19-29-22(3)18-30-25/h7-8,11-12,18-19,21,23H,5-6,9-10,13-17,20H2,1-4H3/t23-/m0/s1. The van der Waals surface area contributed by atoms with Crippen molar-refractivity contribution >= 4 is 11.8 Å².